The molecule has 0 saturated carbocycles. The summed E-state index contributed by atoms with van der Waals surface area (Å²) in [5.74, 6) is 3.10. The number of hydrogen-bond donors (Lipinski definition) is 1. The molecule has 0 atom stereocenters. The van der Waals surface area contributed by atoms with Crippen LogP contribution in [-0.4, -0.2) is 32.9 Å². The number of benzene rings is 2. The number of nitrogens with zero attached hydrogens (tertiary/aromatic N) is 3. The van der Waals surface area contributed by atoms with Crippen LogP contribution in [0.5, 0.6) is 11.5 Å². The number of ether oxygens (including phenoxy) is 1. The van der Waals surface area contributed by atoms with Gasteiger partial charge in [-0.25, -0.2) is 4.98 Å². The van der Waals surface area contributed by atoms with Gasteiger partial charge >= 0.3 is 0 Å². The van der Waals surface area contributed by atoms with Crippen molar-refractivity contribution >= 4 is 11.6 Å². The number of aromatic nitrogens is 3. The molecule has 162 valence electrons. The zero-order valence-electron chi connectivity index (χ0n) is 17.7. The summed E-state index contributed by atoms with van der Waals surface area (Å²) in [7, 11) is 0. The zero-order valence-corrected chi connectivity index (χ0v) is 18.5. The molecule has 0 radical (unpaired) electrons. The molecule has 4 aromatic rings. The van der Waals surface area contributed by atoms with Crippen LogP contribution in [0.25, 0.3) is 11.3 Å². The number of hydrogen-bond acceptors (Lipinski definition) is 4. The predicted molar refractivity (Wildman–Crippen MR) is 127 cm³/mol. The molecule has 0 bridgehead atoms. The summed E-state index contributed by atoms with van der Waals surface area (Å²) in [5.41, 5.74) is 3.27. The van der Waals surface area contributed by atoms with Gasteiger partial charge in [0.05, 0.1) is 17.6 Å². The Morgan fingerprint density at radius 1 is 0.906 bits per heavy atom. The summed E-state index contributed by atoms with van der Waals surface area (Å²) in [6, 6.07) is 21.5. The van der Waals surface area contributed by atoms with E-state index in [1.165, 1.54) is 0 Å². The highest BCUT2D eigenvalue weighted by Gasteiger charge is 2.23. The molecule has 1 aliphatic heterocycles. The molecule has 2 aromatic heterocycles. The molecule has 0 aliphatic carbocycles. The van der Waals surface area contributed by atoms with Crippen molar-refractivity contribution in [2.45, 2.75) is 25.3 Å². The molecule has 5 nitrogen and oxygen atoms in total. The minimum Gasteiger partial charge on any atom is -0.457 e. The minimum atomic E-state index is 0.469. The van der Waals surface area contributed by atoms with Crippen molar-refractivity contribution in [1.29, 1.82) is 0 Å². The SMILES string of the molecule is Clc1ccc(Oc2ccc(-c3cnc(C4CCN(Cc5ccccn5)CC4)[nH]3)cc2)cc1. The van der Waals surface area contributed by atoms with E-state index in [9.17, 15) is 0 Å². The van der Waals surface area contributed by atoms with Crippen LogP contribution in [-0.2, 0) is 6.54 Å². The van der Waals surface area contributed by atoms with Gasteiger partial charge in [-0.1, -0.05) is 17.7 Å². The third-order valence-corrected chi connectivity index (χ3v) is 6.15. The Hall–Kier alpha value is -3.15. The number of imidazole rings is 1. The van der Waals surface area contributed by atoms with Crippen molar-refractivity contribution in [2.75, 3.05) is 13.1 Å². The topological polar surface area (TPSA) is 54.0 Å². The fourth-order valence-electron chi connectivity index (χ4n) is 4.12. The Kier molecular flexibility index (Phi) is 6.19. The molecule has 0 unspecified atom stereocenters. The molecule has 1 saturated heterocycles. The predicted octanol–water partition coefficient (Wildman–Crippen LogP) is 6.30. The van der Waals surface area contributed by atoms with Crippen molar-refractivity contribution < 1.29 is 4.74 Å². The number of piperidine rings is 1. The fourth-order valence-corrected chi connectivity index (χ4v) is 4.24. The number of rotatable bonds is 6. The quantitative estimate of drug-likeness (QED) is 0.379. The van der Waals surface area contributed by atoms with Crippen LogP contribution in [0, 0.1) is 0 Å². The highest BCUT2D eigenvalue weighted by atomic mass is 35.5. The van der Waals surface area contributed by atoms with Gasteiger partial charge in [0.15, 0.2) is 0 Å². The largest absolute Gasteiger partial charge is 0.457 e. The van der Waals surface area contributed by atoms with E-state index in [1.807, 2.05) is 54.9 Å². The molecule has 3 heterocycles. The maximum absolute atomic E-state index is 5.93. The van der Waals surface area contributed by atoms with Crippen molar-refractivity contribution in [3.05, 3.63) is 95.7 Å². The molecule has 32 heavy (non-hydrogen) atoms. The van der Waals surface area contributed by atoms with E-state index in [2.05, 4.69) is 39.1 Å². The van der Waals surface area contributed by atoms with Crippen LogP contribution in [0.3, 0.4) is 0 Å². The summed E-state index contributed by atoms with van der Waals surface area (Å²) in [5, 5.41) is 0.696. The molecular formula is C26H25ClN4O. The van der Waals surface area contributed by atoms with Crippen LogP contribution in [0.15, 0.2) is 79.1 Å². The molecule has 0 spiro atoms. The van der Waals surface area contributed by atoms with Crippen molar-refractivity contribution in [3.63, 3.8) is 0 Å². The first-order valence-electron chi connectivity index (χ1n) is 10.9. The number of H-pyrrole nitrogens is 1. The Labute approximate surface area is 193 Å². The minimum absolute atomic E-state index is 0.469. The summed E-state index contributed by atoms with van der Waals surface area (Å²) >= 11 is 5.93. The summed E-state index contributed by atoms with van der Waals surface area (Å²) in [6.45, 7) is 3.05. The second-order valence-corrected chi connectivity index (χ2v) is 8.57. The lowest BCUT2D eigenvalue weighted by Crippen LogP contribution is -2.33. The Bertz CT molecular complexity index is 1130. The third-order valence-electron chi connectivity index (χ3n) is 5.90. The van der Waals surface area contributed by atoms with Crippen LogP contribution in [0.1, 0.15) is 30.3 Å². The second kappa shape index (κ2) is 9.55. The molecule has 1 N–H and O–H groups in total. The highest BCUT2D eigenvalue weighted by Crippen LogP contribution is 2.30. The molecule has 2 aromatic carbocycles. The average Bonchev–Trinajstić information content (AvgIpc) is 3.33. The van der Waals surface area contributed by atoms with Gasteiger partial charge in [-0.2, -0.15) is 0 Å². The lowest BCUT2D eigenvalue weighted by Gasteiger charge is -2.30. The highest BCUT2D eigenvalue weighted by molar-refractivity contribution is 6.30. The zero-order chi connectivity index (χ0) is 21.8. The number of pyridine rings is 1. The Morgan fingerprint density at radius 2 is 1.62 bits per heavy atom. The van der Waals surface area contributed by atoms with Gasteiger partial charge in [-0.3, -0.25) is 9.88 Å². The van der Waals surface area contributed by atoms with E-state index in [1.54, 1.807) is 0 Å². The van der Waals surface area contributed by atoms with Gasteiger partial charge in [0, 0.05) is 23.7 Å². The first kappa shape index (κ1) is 20.7. The van der Waals surface area contributed by atoms with Crippen LogP contribution >= 0.6 is 11.6 Å². The van der Waals surface area contributed by atoms with Gasteiger partial charge in [-0.15, -0.1) is 0 Å². The molecule has 1 aliphatic rings. The van der Waals surface area contributed by atoms with E-state index < -0.39 is 0 Å². The van der Waals surface area contributed by atoms with Crippen molar-refractivity contribution in [3.8, 4) is 22.8 Å². The number of nitrogens with one attached hydrogen (secondary N) is 1. The molecule has 1 fully saturated rings. The second-order valence-electron chi connectivity index (χ2n) is 8.13. The van der Waals surface area contributed by atoms with Gasteiger partial charge in [-0.05, 0) is 92.2 Å². The normalized spacial score (nSPS) is 15.0. The van der Waals surface area contributed by atoms with Crippen LogP contribution < -0.4 is 4.74 Å². The fraction of sp³-hybridized carbons (Fsp3) is 0.231. The van der Waals surface area contributed by atoms with Crippen molar-refractivity contribution in [2.24, 2.45) is 0 Å². The summed E-state index contributed by atoms with van der Waals surface area (Å²) in [4.78, 5) is 15.2. The average molecular weight is 445 g/mol. The van der Waals surface area contributed by atoms with E-state index in [0.29, 0.717) is 10.9 Å². The van der Waals surface area contributed by atoms with Crippen molar-refractivity contribution in [1.82, 2.24) is 19.9 Å². The standard InChI is InChI=1S/C26H25ClN4O/c27-21-6-10-24(11-7-21)32-23-8-4-19(5-9-23)25-17-29-26(30-25)20-12-15-31(16-13-20)18-22-3-1-2-14-28-22/h1-11,14,17,20H,12-13,15-16,18H2,(H,29,30). The number of aromatic amines is 1. The maximum atomic E-state index is 5.93. The first-order valence-corrected chi connectivity index (χ1v) is 11.3. The van der Waals surface area contributed by atoms with Gasteiger partial charge in [0.1, 0.15) is 17.3 Å². The van der Waals surface area contributed by atoms with Crippen LogP contribution in [0.4, 0.5) is 0 Å². The number of halogens is 1. The van der Waals surface area contributed by atoms with Crippen LogP contribution in [0.2, 0.25) is 5.02 Å². The van der Waals surface area contributed by atoms with Gasteiger partial charge in [0.25, 0.3) is 0 Å². The van der Waals surface area contributed by atoms with Gasteiger partial charge < -0.3 is 9.72 Å². The molecule has 5 rings (SSSR count). The Balaban J connectivity index is 1.18. The molecular weight excluding hydrogens is 420 g/mol. The first-order chi connectivity index (χ1) is 15.7. The smallest absolute Gasteiger partial charge is 0.127 e. The van der Waals surface area contributed by atoms with Gasteiger partial charge in [0.2, 0.25) is 0 Å². The van der Waals surface area contributed by atoms with E-state index in [-0.39, 0.29) is 0 Å². The Morgan fingerprint density at radius 3 is 2.31 bits per heavy atom. The molecule has 6 heteroatoms. The lowest BCUT2D eigenvalue weighted by molar-refractivity contribution is 0.200. The van der Waals surface area contributed by atoms with E-state index in [0.717, 1.165) is 66.8 Å². The maximum Gasteiger partial charge on any atom is 0.127 e. The third kappa shape index (κ3) is 5.01. The summed E-state index contributed by atoms with van der Waals surface area (Å²) < 4.78 is 5.88. The van der Waals surface area contributed by atoms with E-state index in [4.69, 9.17) is 21.3 Å². The molecule has 0 amide bonds. The lowest BCUT2D eigenvalue weighted by atomic mass is 9.96. The number of likely N-dealkylation sites (tertiary alicyclic amines) is 1. The summed E-state index contributed by atoms with van der Waals surface area (Å²) in [6.07, 6.45) is 6.01. The monoisotopic (exact) mass is 444 g/mol. The van der Waals surface area contributed by atoms with E-state index >= 15 is 0 Å².